The Kier molecular flexibility index (Phi) is 6.00. The SMILES string of the molecule is CCCCC(CC)CC(O)c1ncc(Cl)n1C. The Morgan fingerprint density at radius 1 is 1.47 bits per heavy atom. The summed E-state index contributed by atoms with van der Waals surface area (Å²) in [6, 6.07) is 0. The number of imidazole rings is 1. The van der Waals surface area contributed by atoms with E-state index >= 15 is 0 Å². The topological polar surface area (TPSA) is 38.1 Å². The van der Waals surface area contributed by atoms with Crippen LogP contribution in [0, 0.1) is 5.92 Å². The van der Waals surface area contributed by atoms with E-state index in [1.165, 1.54) is 19.3 Å². The minimum Gasteiger partial charge on any atom is -0.385 e. The van der Waals surface area contributed by atoms with Crippen molar-refractivity contribution in [1.29, 1.82) is 0 Å². The van der Waals surface area contributed by atoms with Gasteiger partial charge in [0.25, 0.3) is 0 Å². The van der Waals surface area contributed by atoms with Crippen molar-refractivity contribution in [3.8, 4) is 0 Å². The molecule has 1 N–H and O–H groups in total. The van der Waals surface area contributed by atoms with Crippen LogP contribution in [0.5, 0.6) is 0 Å². The van der Waals surface area contributed by atoms with Gasteiger partial charge in [0.15, 0.2) is 0 Å². The maximum Gasteiger partial charge on any atom is 0.138 e. The first-order valence-corrected chi connectivity index (χ1v) is 6.83. The Morgan fingerprint density at radius 2 is 2.18 bits per heavy atom. The van der Waals surface area contributed by atoms with Crippen LogP contribution < -0.4 is 0 Å². The highest BCUT2D eigenvalue weighted by Crippen LogP contribution is 2.26. The van der Waals surface area contributed by atoms with Crippen LogP contribution in [0.25, 0.3) is 0 Å². The van der Waals surface area contributed by atoms with E-state index in [1.807, 2.05) is 7.05 Å². The minimum absolute atomic E-state index is 0.505. The molecule has 98 valence electrons. The number of aromatic nitrogens is 2. The quantitative estimate of drug-likeness (QED) is 0.810. The number of hydrogen-bond acceptors (Lipinski definition) is 2. The van der Waals surface area contributed by atoms with Crippen LogP contribution in [-0.4, -0.2) is 14.7 Å². The maximum absolute atomic E-state index is 10.2. The van der Waals surface area contributed by atoms with Gasteiger partial charge in [0, 0.05) is 7.05 Å². The molecule has 0 saturated heterocycles. The number of aliphatic hydroxyl groups excluding tert-OH is 1. The van der Waals surface area contributed by atoms with E-state index in [-0.39, 0.29) is 0 Å². The molecule has 0 aromatic carbocycles. The molecule has 1 heterocycles. The first-order valence-electron chi connectivity index (χ1n) is 6.45. The molecule has 0 aliphatic rings. The Bertz CT molecular complexity index is 338. The number of nitrogens with zero attached hydrogens (tertiary/aromatic N) is 2. The molecule has 0 fully saturated rings. The van der Waals surface area contributed by atoms with Crippen LogP contribution in [-0.2, 0) is 7.05 Å². The van der Waals surface area contributed by atoms with Crippen molar-refractivity contribution in [2.45, 2.75) is 52.1 Å². The second kappa shape index (κ2) is 7.02. The highest BCUT2D eigenvalue weighted by Gasteiger charge is 2.18. The van der Waals surface area contributed by atoms with Crippen LogP contribution in [0.15, 0.2) is 6.20 Å². The molecular weight excluding hydrogens is 236 g/mol. The van der Waals surface area contributed by atoms with Gasteiger partial charge >= 0.3 is 0 Å². The molecule has 0 amide bonds. The minimum atomic E-state index is -0.505. The zero-order valence-electron chi connectivity index (χ0n) is 11.0. The van der Waals surface area contributed by atoms with Gasteiger partial charge in [-0.2, -0.15) is 0 Å². The smallest absolute Gasteiger partial charge is 0.138 e. The molecule has 4 heteroatoms. The van der Waals surface area contributed by atoms with E-state index in [4.69, 9.17) is 11.6 Å². The molecule has 17 heavy (non-hydrogen) atoms. The third-order valence-corrected chi connectivity index (χ3v) is 3.72. The predicted octanol–water partition coefficient (Wildman–Crippen LogP) is 3.71. The molecule has 0 bridgehead atoms. The Morgan fingerprint density at radius 3 is 2.65 bits per heavy atom. The number of rotatable bonds is 7. The van der Waals surface area contributed by atoms with E-state index < -0.39 is 6.10 Å². The average Bonchev–Trinajstić information content (AvgIpc) is 2.65. The molecule has 0 aliphatic heterocycles. The number of halogens is 1. The molecule has 1 aromatic rings. The molecule has 2 unspecified atom stereocenters. The summed E-state index contributed by atoms with van der Waals surface area (Å²) in [5.74, 6) is 1.24. The van der Waals surface area contributed by atoms with Crippen molar-refractivity contribution in [1.82, 2.24) is 9.55 Å². The lowest BCUT2D eigenvalue weighted by molar-refractivity contribution is 0.127. The summed E-state index contributed by atoms with van der Waals surface area (Å²) in [6.07, 6.45) is 6.59. The Balaban J connectivity index is 2.57. The molecule has 0 radical (unpaired) electrons. The van der Waals surface area contributed by atoms with Crippen molar-refractivity contribution >= 4 is 11.6 Å². The lowest BCUT2D eigenvalue weighted by atomic mass is 9.93. The van der Waals surface area contributed by atoms with Crippen molar-refractivity contribution in [3.63, 3.8) is 0 Å². The van der Waals surface area contributed by atoms with Crippen LogP contribution in [0.2, 0.25) is 5.15 Å². The molecule has 1 aromatic heterocycles. The average molecular weight is 259 g/mol. The summed E-state index contributed by atoms with van der Waals surface area (Å²) >= 11 is 5.92. The summed E-state index contributed by atoms with van der Waals surface area (Å²) in [5.41, 5.74) is 0. The molecular formula is C13H23ClN2O. The number of aliphatic hydroxyl groups is 1. The van der Waals surface area contributed by atoms with Crippen molar-refractivity contribution < 1.29 is 5.11 Å². The highest BCUT2D eigenvalue weighted by molar-refractivity contribution is 6.29. The standard InChI is InChI=1S/C13H23ClN2O/c1-4-6-7-10(5-2)8-11(17)13-15-9-12(14)16(13)3/h9-11,17H,4-8H2,1-3H3. The van der Waals surface area contributed by atoms with E-state index in [1.54, 1.807) is 10.8 Å². The lowest BCUT2D eigenvalue weighted by Crippen LogP contribution is -2.11. The van der Waals surface area contributed by atoms with Gasteiger partial charge in [-0.15, -0.1) is 0 Å². The number of hydrogen-bond donors (Lipinski definition) is 1. The third-order valence-electron chi connectivity index (χ3n) is 3.37. The van der Waals surface area contributed by atoms with E-state index in [9.17, 15) is 5.11 Å². The first kappa shape index (κ1) is 14.5. The summed E-state index contributed by atoms with van der Waals surface area (Å²) in [5, 5.41) is 10.7. The van der Waals surface area contributed by atoms with Crippen molar-refractivity contribution in [2.75, 3.05) is 0 Å². The van der Waals surface area contributed by atoms with E-state index in [0.717, 1.165) is 12.8 Å². The van der Waals surface area contributed by atoms with Crippen LogP contribution in [0.4, 0.5) is 0 Å². The molecule has 1 rings (SSSR count). The first-order chi connectivity index (χ1) is 8.10. The molecule has 0 saturated carbocycles. The third kappa shape index (κ3) is 4.00. The molecule has 0 spiro atoms. The number of unbranched alkanes of at least 4 members (excludes halogenated alkanes) is 1. The van der Waals surface area contributed by atoms with Crippen LogP contribution in [0.1, 0.15) is 57.9 Å². The van der Waals surface area contributed by atoms with E-state index in [0.29, 0.717) is 16.9 Å². The van der Waals surface area contributed by atoms with Gasteiger partial charge < -0.3 is 9.67 Å². The van der Waals surface area contributed by atoms with Crippen molar-refractivity contribution in [2.24, 2.45) is 13.0 Å². The van der Waals surface area contributed by atoms with Gasteiger partial charge in [-0.05, 0) is 12.3 Å². The van der Waals surface area contributed by atoms with Gasteiger partial charge in [-0.3, -0.25) is 0 Å². The molecule has 0 aliphatic carbocycles. The van der Waals surface area contributed by atoms with Gasteiger partial charge in [-0.1, -0.05) is 51.1 Å². The summed E-state index contributed by atoms with van der Waals surface area (Å²) in [6.45, 7) is 4.38. The van der Waals surface area contributed by atoms with Gasteiger partial charge in [0.2, 0.25) is 0 Å². The van der Waals surface area contributed by atoms with Crippen LogP contribution >= 0.6 is 11.6 Å². The molecule has 2 atom stereocenters. The summed E-state index contributed by atoms with van der Waals surface area (Å²) in [7, 11) is 1.83. The summed E-state index contributed by atoms with van der Waals surface area (Å²) in [4.78, 5) is 4.16. The lowest BCUT2D eigenvalue weighted by Gasteiger charge is -2.18. The largest absolute Gasteiger partial charge is 0.385 e. The van der Waals surface area contributed by atoms with Gasteiger partial charge in [0.1, 0.15) is 17.1 Å². The highest BCUT2D eigenvalue weighted by atomic mass is 35.5. The zero-order valence-corrected chi connectivity index (χ0v) is 11.7. The maximum atomic E-state index is 10.2. The second-order valence-electron chi connectivity index (χ2n) is 4.67. The summed E-state index contributed by atoms with van der Waals surface area (Å²) < 4.78 is 1.75. The fraction of sp³-hybridized carbons (Fsp3) is 0.769. The normalized spacial score (nSPS) is 14.9. The Hall–Kier alpha value is -0.540. The second-order valence-corrected chi connectivity index (χ2v) is 5.05. The van der Waals surface area contributed by atoms with Gasteiger partial charge in [-0.25, -0.2) is 4.98 Å². The fourth-order valence-corrected chi connectivity index (χ4v) is 2.25. The fourth-order valence-electron chi connectivity index (χ4n) is 2.11. The van der Waals surface area contributed by atoms with Crippen molar-refractivity contribution in [3.05, 3.63) is 17.2 Å². The van der Waals surface area contributed by atoms with Crippen LogP contribution in [0.3, 0.4) is 0 Å². The predicted molar refractivity (Wildman–Crippen MR) is 71.1 cm³/mol. The molecule has 3 nitrogen and oxygen atoms in total. The Labute approximate surface area is 109 Å². The van der Waals surface area contributed by atoms with Gasteiger partial charge in [0.05, 0.1) is 6.20 Å². The zero-order chi connectivity index (χ0) is 12.8. The van der Waals surface area contributed by atoms with E-state index in [2.05, 4.69) is 18.8 Å². The monoisotopic (exact) mass is 258 g/mol.